The van der Waals surface area contributed by atoms with Gasteiger partial charge in [-0.25, -0.2) is 9.97 Å². The summed E-state index contributed by atoms with van der Waals surface area (Å²) in [4.78, 5) is 40.1. The van der Waals surface area contributed by atoms with E-state index in [2.05, 4.69) is 26.9 Å². The van der Waals surface area contributed by atoms with Gasteiger partial charge < -0.3 is 25.2 Å². The zero-order valence-electron chi connectivity index (χ0n) is 22.5. The Labute approximate surface area is 243 Å². The van der Waals surface area contributed by atoms with Crippen LogP contribution in [-0.4, -0.2) is 73.1 Å². The van der Waals surface area contributed by atoms with Crippen molar-refractivity contribution in [3.8, 4) is 5.75 Å². The molecule has 0 spiro atoms. The van der Waals surface area contributed by atoms with Gasteiger partial charge in [0.15, 0.2) is 5.16 Å². The predicted molar refractivity (Wildman–Crippen MR) is 158 cm³/mol. The van der Waals surface area contributed by atoms with Crippen molar-refractivity contribution in [3.63, 3.8) is 0 Å². The highest BCUT2D eigenvalue weighted by molar-refractivity contribution is 7.98. The maximum absolute atomic E-state index is 13.1. The lowest BCUT2D eigenvalue weighted by molar-refractivity contribution is -0.123. The van der Waals surface area contributed by atoms with Crippen LogP contribution in [0.4, 0.5) is 11.5 Å². The molecule has 2 fully saturated rings. The molecular formula is C29H33ClN6O3S. The zero-order chi connectivity index (χ0) is 28.1. The van der Waals surface area contributed by atoms with Crippen LogP contribution in [0.3, 0.4) is 0 Å². The Balaban J connectivity index is 1.18. The van der Waals surface area contributed by atoms with Crippen molar-refractivity contribution in [1.82, 2.24) is 14.9 Å². The number of ether oxygens (including phenoxy) is 1. The topological polar surface area (TPSA) is 105 Å². The van der Waals surface area contributed by atoms with Crippen LogP contribution in [0.1, 0.15) is 28.8 Å². The molecule has 2 N–H and O–H groups in total. The number of hydrogen-bond donors (Lipinski definition) is 1. The van der Waals surface area contributed by atoms with Crippen molar-refractivity contribution >= 4 is 46.7 Å². The van der Waals surface area contributed by atoms with E-state index in [1.807, 2.05) is 42.5 Å². The zero-order valence-corrected chi connectivity index (χ0v) is 24.0. The second-order valence-electron chi connectivity index (χ2n) is 9.96. The van der Waals surface area contributed by atoms with Gasteiger partial charge in [-0.2, -0.15) is 0 Å². The highest BCUT2D eigenvalue weighted by Crippen LogP contribution is 2.27. The molecule has 3 aromatic rings. The average molecular weight is 581 g/mol. The van der Waals surface area contributed by atoms with Crippen LogP contribution in [-0.2, 0) is 10.5 Å². The molecule has 9 nitrogen and oxygen atoms in total. The normalized spacial score (nSPS) is 16.2. The smallest absolute Gasteiger partial charge is 0.253 e. The van der Waals surface area contributed by atoms with E-state index in [9.17, 15) is 9.59 Å². The van der Waals surface area contributed by atoms with Gasteiger partial charge in [0.2, 0.25) is 5.91 Å². The van der Waals surface area contributed by atoms with Gasteiger partial charge in [0, 0.05) is 68.3 Å². The number of amides is 2. The molecule has 0 radical (unpaired) electrons. The summed E-state index contributed by atoms with van der Waals surface area (Å²) in [5, 5.41) is 1.01. The predicted octanol–water partition coefficient (Wildman–Crippen LogP) is 4.10. The largest absolute Gasteiger partial charge is 0.497 e. The molecule has 0 aliphatic carbocycles. The first kappa shape index (κ1) is 28.0. The highest BCUT2D eigenvalue weighted by atomic mass is 35.5. The van der Waals surface area contributed by atoms with E-state index in [4.69, 9.17) is 27.1 Å². The third-order valence-corrected chi connectivity index (χ3v) is 8.54. The number of nitrogens with two attached hydrogens (primary N) is 1. The first-order chi connectivity index (χ1) is 19.4. The third kappa shape index (κ3) is 6.79. The number of nitrogens with zero attached hydrogens (tertiary/aromatic N) is 5. The number of piperidine rings is 1. The van der Waals surface area contributed by atoms with Crippen LogP contribution < -0.4 is 20.3 Å². The minimum atomic E-state index is -0.284. The van der Waals surface area contributed by atoms with E-state index in [0.717, 1.165) is 43.3 Å². The van der Waals surface area contributed by atoms with Gasteiger partial charge in [-0.05, 0) is 54.8 Å². The number of methoxy groups -OCH3 is 1. The Morgan fingerprint density at radius 1 is 0.975 bits per heavy atom. The van der Waals surface area contributed by atoms with Crippen LogP contribution in [0.2, 0.25) is 5.15 Å². The van der Waals surface area contributed by atoms with Gasteiger partial charge in [-0.15, -0.1) is 0 Å². The van der Waals surface area contributed by atoms with E-state index in [-0.39, 0.29) is 17.7 Å². The average Bonchev–Trinajstić information content (AvgIpc) is 3.00. The molecule has 1 aromatic heterocycles. The maximum Gasteiger partial charge on any atom is 0.253 e. The lowest BCUT2D eigenvalue weighted by atomic mass is 9.96. The SMILES string of the molecule is COc1ccc(N2CCN(c3cc(Cl)nc(SCc4cccc(C(=O)N5CCC(C(N)=O)CC5)c4)n3)CC2)cc1. The Kier molecular flexibility index (Phi) is 8.96. The molecule has 0 unspecified atom stereocenters. The number of anilines is 2. The van der Waals surface area contributed by atoms with Crippen LogP contribution in [0.15, 0.2) is 59.8 Å². The molecule has 2 aliphatic heterocycles. The number of piperazine rings is 1. The summed E-state index contributed by atoms with van der Waals surface area (Å²) in [6.45, 7) is 4.47. The second-order valence-corrected chi connectivity index (χ2v) is 11.3. The van der Waals surface area contributed by atoms with Crippen LogP contribution in [0, 0.1) is 5.92 Å². The molecule has 40 heavy (non-hydrogen) atoms. The lowest BCUT2D eigenvalue weighted by Crippen LogP contribution is -2.46. The summed E-state index contributed by atoms with van der Waals surface area (Å²) in [7, 11) is 1.67. The number of carbonyl (C=O) groups excluding carboxylic acids is 2. The monoisotopic (exact) mass is 580 g/mol. The number of carbonyl (C=O) groups is 2. The fourth-order valence-corrected chi connectivity index (χ4v) is 6.11. The Bertz CT molecular complexity index is 1340. The molecule has 210 valence electrons. The summed E-state index contributed by atoms with van der Waals surface area (Å²) < 4.78 is 5.27. The number of benzene rings is 2. The van der Waals surface area contributed by atoms with Crippen LogP contribution in [0.5, 0.6) is 5.75 Å². The van der Waals surface area contributed by atoms with Crippen LogP contribution >= 0.6 is 23.4 Å². The van der Waals surface area contributed by atoms with E-state index in [0.29, 0.717) is 47.6 Å². The van der Waals surface area contributed by atoms with Gasteiger partial charge in [0.25, 0.3) is 5.91 Å². The number of primary amides is 1. The third-order valence-electron chi connectivity index (χ3n) is 7.43. The summed E-state index contributed by atoms with van der Waals surface area (Å²) in [6, 6.07) is 17.6. The number of thioether (sulfide) groups is 1. The van der Waals surface area contributed by atoms with E-state index >= 15 is 0 Å². The number of aromatic nitrogens is 2. The number of halogens is 1. The van der Waals surface area contributed by atoms with E-state index < -0.39 is 0 Å². The quantitative estimate of drug-likeness (QED) is 0.241. The molecule has 2 saturated heterocycles. The van der Waals surface area contributed by atoms with Gasteiger partial charge in [-0.3, -0.25) is 9.59 Å². The Hall–Kier alpha value is -3.50. The van der Waals surface area contributed by atoms with Crippen molar-refractivity contribution < 1.29 is 14.3 Å². The molecule has 0 bridgehead atoms. The van der Waals surface area contributed by atoms with Gasteiger partial charge in [0.05, 0.1) is 7.11 Å². The molecule has 0 atom stereocenters. The standard InChI is InChI=1S/C29H33ClN6O3S/c1-39-24-7-5-23(6-8-24)34-13-15-35(16-14-34)26-18-25(30)32-29(33-26)40-19-20-3-2-4-22(17-20)28(38)36-11-9-21(10-12-36)27(31)37/h2-8,17-18,21H,9-16,19H2,1H3,(H2,31,37). The minimum absolute atomic E-state index is 0.0233. The molecule has 5 rings (SSSR count). The summed E-state index contributed by atoms with van der Waals surface area (Å²) in [6.07, 6.45) is 1.23. The minimum Gasteiger partial charge on any atom is -0.497 e. The molecular weight excluding hydrogens is 548 g/mol. The second kappa shape index (κ2) is 12.8. The van der Waals surface area contributed by atoms with Crippen molar-refractivity contribution in [2.45, 2.75) is 23.8 Å². The fourth-order valence-electron chi connectivity index (χ4n) is 5.09. The lowest BCUT2D eigenvalue weighted by Gasteiger charge is -2.36. The summed E-state index contributed by atoms with van der Waals surface area (Å²) in [5.74, 6) is 1.82. The maximum atomic E-state index is 13.1. The fraction of sp³-hybridized carbons (Fsp3) is 0.379. The number of likely N-dealkylation sites (tertiary alicyclic amines) is 1. The summed E-state index contributed by atoms with van der Waals surface area (Å²) in [5.41, 5.74) is 8.24. The highest BCUT2D eigenvalue weighted by Gasteiger charge is 2.26. The molecule has 2 amide bonds. The van der Waals surface area contributed by atoms with E-state index in [1.54, 1.807) is 12.0 Å². The molecule has 2 aromatic carbocycles. The van der Waals surface area contributed by atoms with Crippen molar-refractivity contribution in [1.29, 1.82) is 0 Å². The van der Waals surface area contributed by atoms with Gasteiger partial charge in [-0.1, -0.05) is 35.5 Å². The Morgan fingerprint density at radius 2 is 1.68 bits per heavy atom. The first-order valence-corrected chi connectivity index (χ1v) is 14.7. The first-order valence-electron chi connectivity index (χ1n) is 13.4. The van der Waals surface area contributed by atoms with Crippen molar-refractivity contribution in [3.05, 3.63) is 70.9 Å². The molecule has 11 heteroatoms. The molecule has 2 aliphatic rings. The van der Waals surface area contributed by atoms with Crippen molar-refractivity contribution in [2.75, 3.05) is 56.2 Å². The van der Waals surface area contributed by atoms with E-state index in [1.165, 1.54) is 17.4 Å². The van der Waals surface area contributed by atoms with Gasteiger partial charge >= 0.3 is 0 Å². The van der Waals surface area contributed by atoms with Gasteiger partial charge in [0.1, 0.15) is 16.7 Å². The van der Waals surface area contributed by atoms with Crippen molar-refractivity contribution in [2.24, 2.45) is 11.7 Å². The Morgan fingerprint density at radius 3 is 2.35 bits per heavy atom. The summed E-state index contributed by atoms with van der Waals surface area (Å²) >= 11 is 7.89. The van der Waals surface area contributed by atoms with Crippen LogP contribution in [0.25, 0.3) is 0 Å². The number of rotatable bonds is 8. The molecule has 3 heterocycles. The number of hydrogen-bond acceptors (Lipinski definition) is 8. The molecule has 0 saturated carbocycles.